The van der Waals surface area contributed by atoms with Gasteiger partial charge in [0.25, 0.3) is 5.56 Å². The van der Waals surface area contributed by atoms with Gasteiger partial charge < -0.3 is 9.13 Å². The Hall–Kier alpha value is -4.21. The van der Waals surface area contributed by atoms with Crippen LogP contribution in [-0.4, -0.2) is 19.1 Å². The van der Waals surface area contributed by atoms with Crippen LogP contribution in [0.3, 0.4) is 0 Å². The van der Waals surface area contributed by atoms with Crippen LogP contribution in [0.5, 0.6) is 0 Å². The molecular formula is C31H24ClFN4O. The largest absolute Gasteiger partial charge is 0.334 e. The fourth-order valence-corrected chi connectivity index (χ4v) is 5.15. The zero-order chi connectivity index (χ0) is 26.4. The minimum atomic E-state index is -2.13. The van der Waals surface area contributed by atoms with Crippen molar-refractivity contribution in [2.75, 3.05) is 0 Å². The van der Waals surface area contributed by atoms with Gasteiger partial charge in [-0.2, -0.15) is 0 Å². The molecular weight excluding hydrogens is 499 g/mol. The second-order valence-corrected chi connectivity index (χ2v) is 10.3. The van der Waals surface area contributed by atoms with Crippen LogP contribution in [0.2, 0.25) is 5.02 Å². The summed E-state index contributed by atoms with van der Waals surface area (Å²) in [5.74, 6) is 3.12. The Morgan fingerprint density at radius 3 is 2.61 bits per heavy atom. The summed E-state index contributed by atoms with van der Waals surface area (Å²) < 4.78 is 20.9. The van der Waals surface area contributed by atoms with Gasteiger partial charge in [-0.05, 0) is 60.2 Å². The van der Waals surface area contributed by atoms with Crippen LogP contribution < -0.4 is 5.56 Å². The molecule has 5 aromatic rings. The molecule has 3 aromatic heterocycles. The third-order valence-electron chi connectivity index (χ3n) is 7.24. The van der Waals surface area contributed by atoms with Crippen molar-refractivity contribution < 1.29 is 4.39 Å². The summed E-state index contributed by atoms with van der Waals surface area (Å²) in [4.78, 5) is 22.1. The Morgan fingerprint density at radius 2 is 1.92 bits per heavy atom. The van der Waals surface area contributed by atoms with Gasteiger partial charge in [-0.15, -0.1) is 6.42 Å². The van der Waals surface area contributed by atoms with E-state index in [2.05, 4.69) is 15.9 Å². The summed E-state index contributed by atoms with van der Waals surface area (Å²) in [6.07, 6.45) is 12.5. The van der Waals surface area contributed by atoms with Gasteiger partial charge in [0, 0.05) is 41.2 Å². The lowest BCUT2D eigenvalue weighted by atomic mass is 9.87. The number of pyridine rings is 2. The van der Waals surface area contributed by atoms with Crippen LogP contribution in [0.25, 0.3) is 22.0 Å². The molecule has 5 nitrogen and oxygen atoms in total. The van der Waals surface area contributed by atoms with E-state index in [-0.39, 0.29) is 11.3 Å². The lowest BCUT2D eigenvalue weighted by Crippen LogP contribution is -2.28. The molecule has 3 heterocycles. The lowest BCUT2D eigenvalue weighted by molar-refractivity contribution is 0.260. The average molecular weight is 523 g/mol. The molecule has 6 rings (SSSR count). The summed E-state index contributed by atoms with van der Waals surface area (Å²) in [6, 6.07) is 17.5. The van der Waals surface area contributed by atoms with E-state index in [1.54, 1.807) is 65.1 Å². The van der Waals surface area contributed by atoms with Crippen LogP contribution in [-0.2, 0) is 19.3 Å². The SMILES string of the molecule is C#Cc1cccc(-c2cc(=O)n(CC3CC3)c3cnc(C(F)(c4ccc(Cl)cc4)c4cncn4C)cc23)c1. The van der Waals surface area contributed by atoms with E-state index in [0.29, 0.717) is 45.4 Å². The Bertz CT molecular complexity index is 1780. The number of rotatable bonds is 6. The Balaban J connectivity index is 1.65. The van der Waals surface area contributed by atoms with Crippen molar-refractivity contribution in [3.63, 3.8) is 0 Å². The highest BCUT2D eigenvalue weighted by molar-refractivity contribution is 6.30. The number of aryl methyl sites for hydroxylation is 1. The van der Waals surface area contributed by atoms with E-state index < -0.39 is 5.67 Å². The van der Waals surface area contributed by atoms with Crippen molar-refractivity contribution in [1.29, 1.82) is 0 Å². The molecule has 0 N–H and O–H groups in total. The highest BCUT2D eigenvalue weighted by atomic mass is 35.5. The summed E-state index contributed by atoms with van der Waals surface area (Å²) >= 11 is 6.13. The Labute approximate surface area is 224 Å². The van der Waals surface area contributed by atoms with E-state index in [9.17, 15) is 4.79 Å². The average Bonchev–Trinajstić information content (AvgIpc) is 3.66. The monoisotopic (exact) mass is 522 g/mol. The first-order valence-electron chi connectivity index (χ1n) is 12.4. The van der Waals surface area contributed by atoms with Gasteiger partial charge in [0.15, 0.2) is 0 Å². The van der Waals surface area contributed by atoms with E-state index in [1.807, 2.05) is 24.3 Å². The minimum Gasteiger partial charge on any atom is -0.334 e. The van der Waals surface area contributed by atoms with E-state index in [1.165, 1.54) is 6.20 Å². The first-order chi connectivity index (χ1) is 18.4. The maximum absolute atomic E-state index is 17.5. The standard InChI is InChI=1S/C31H24ClFN4O/c1-3-20-5-4-6-22(13-20)25-15-30(38)37(18-21-7-8-21)27-16-35-28(14-26(25)27)31(33,29-17-34-19-36(29)2)23-9-11-24(32)12-10-23/h1,4-6,9-17,19,21H,7-8,18H2,2H3. The molecule has 0 aliphatic heterocycles. The first-order valence-corrected chi connectivity index (χ1v) is 12.8. The zero-order valence-electron chi connectivity index (χ0n) is 20.7. The number of aromatic nitrogens is 4. The van der Waals surface area contributed by atoms with Crippen molar-refractivity contribution in [2.45, 2.75) is 25.1 Å². The smallest absolute Gasteiger partial charge is 0.251 e. The van der Waals surface area contributed by atoms with Gasteiger partial charge in [-0.1, -0.05) is 41.8 Å². The fourth-order valence-electron chi connectivity index (χ4n) is 5.02. The molecule has 0 radical (unpaired) electrons. The highest BCUT2D eigenvalue weighted by Gasteiger charge is 2.41. The summed E-state index contributed by atoms with van der Waals surface area (Å²) in [5.41, 5.74) is 1.47. The molecule has 0 saturated heterocycles. The van der Waals surface area contributed by atoms with Gasteiger partial charge in [0.05, 0.1) is 35.6 Å². The predicted molar refractivity (Wildman–Crippen MR) is 148 cm³/mol. The second kappa shape index (κ2) is 9.27. The fraction of sp³-hybridized carbons (Fsp3) is 0.194. The number of alkyl halides is 1. The maximum atomic E-state index is 17.5. The molecule has 7 heteroatoms. The maximum Gasteiger partial charge on any atom is 0.251 e. The quantitative estimate of drug-likeness (QED) is 0.253. The number of hydrogen-bond donors (Lipinski definition) is 0. The van der Waals surface area contributed by atoms with Crippen LogP contribution in [0.15, 0.2) is 84.2 Å². The molecule has 0 spiro atoms. The summed E-state index contributed by atoms with van der Waals surface area (Å²) in [7, 11) is 1.75. The van der Waals surface area contributed by atoms with Gasteiger partial charge >= 0.3 is 0 Å². The van der Waals surface area contributed by atoms with Crippen molar-refractivity contribution in [1.82, 2.24) is 19.1 Å². The zero-order valence-corrected chi connectivity index (χ0v) is 21.5. The molecule has 1 atom stereocenters. The summed E-state index contributed by atoms with van der Waals surface area (Å²) in [6.45, 7) is 0.612. The molecule has 188 valence electrons. The van der Waals surface area contributed by atoms with Crippen molar-refractivity contribution in [2.24, 2.45) is 13.0 Å². The molecule has 2 aromatic carbocycles. The highest BCUT2D eigenvalue weighted by Crippen LogP contribution is 2.42. The van der Waals surface area contributed by atoms with Gasteiger partial charge in [0.1, 0.15) is 0 Å². The number of imidazole rings is 1. The number of fused-ring (bicyclic) bond motifs is 1. The third-order valence-corrected chi connectivity index (χ3v) is 7.49. The summed E-state index contributed by atoms with van der Waals surface area (Å²) in [5, 5.41) is 1.23. The molecule has 1 aliphatic carbocycles. The van der Waals surface area contributed by atoms with E-state index in [0.717, 1.165) is 23.8 Å². The molecule has 0 bridgehead atoms. The molecule has 1 saturated carbocycles. The predicted octanol–water partition coefficient (Wildman–Crippen LogP) is 6.10. The van der Waals surface area contributed by atoms with Crippen molar-refractivity contribution in [3.05, 3.63) is 117 Å². The number of halogens is 2. The van der Waals surface area contributed by atoms with Crippen LogP contribution in [0, 0.1) is 18.3 Å². The third kappa shape index (κ3) is 4.09. The van der Waals surface area contributed by atoms with Crippen LogP contribution in [0.4, 0.5) is 4.39 Å². The molecule has 1 aliphatic rings. The topological polar surface area (TPSA) is 52.7 Å². The Kier molecular flexibility index (Phi) is 5.89. The van der Waals surface area contributed by atoms with E-state index in [4.69, 9.17) is 18.0 Å². The first kappa shape index (κ1) is 24.1. The van der Waals surface area contributed by atoms with E-state index >= 15 is 4.39 Å². The molecule has 1 fully saturated rings. The van der Waals surface area contributed by atoms with Gasteiger partial charge in [-0.3, -0.25) is 9.78 Å². The lowest BCUT2D eigenvalue weighted by Gasteiger charge is -2.27. The molecule has 38 heavy (non-hydrogen) atoms. The van der Waals surface area contributed by atoms with Gasteiger partial charge in [0.2, 0.25) is 5.67 Å². The minimum absolute atomic E-state index is 0.115. The Morgan fingerprint density at radius 1 is 1.13 bits per heavy atom. The number of nitrogens with zero attached hydrogens (tertiary/aromatic N) is 4. The normalized spacial score (nSPS) is 14.8. The molecule has 0 amide bonds. The van der Waals surface area contributed by atoms with Crippen LogP contribution >= 0.6 is 11.6 Å². The van der Waals surface area contributed by atoms with Crippen molar-refractivity contribution >= 4 is 22.5 Å². The van der Waals surface area contributed by atoms with Crippen LogP contribution in [0.1, 0.15) is 35.4 Å². The van der Waals surface area contributed by atoms with Gasteiger partial charge in [-0.25, -0.2) is 9.37 Å². The number of benzene rings is 2. The van der Waals surface area contributed by atoms with Crippen molar-refractivity contribution in [3.8, 4) is 23.5 Å². The number of hydrogen-bond acceptors (Lipinski definition) is 3. The number of terminal acetylenes is 1. The second-order valence-electron chi connectivity index (χ2n) is 9.82. The molecule has 1 unspecified atom stereocenters.